The Kier molecular flexibility index (Phi) is 6.94. The average molecular weight is 316 g/mol. The van der Waals surface area contributed by atoms with E-state index in [9.17, 15) is 0 Å². The van der Waals surface area contributed by atoms with Crippen molar-refractivity contribution in [1.29, 1.82) is 0 Å². The van der Waals surface area contributed by atoms with E-state index in [4.69, 9.17) is 19.0 Å². The van der Waals surface area contributed by atoms with Gasteiger partial charge < -0.3 is 14.2 Å². The number of rotatable bonds is 10. The minimum absolute atomic E-state index is 0.470. The fourth-order valence-corrected chi connectivity index (χ4v) is 1.83. The molecule has 5 heteroatoms. The quantitative estimate of drug-likeness (QED) is 0.497. The number of nitrogens with zero attached hydrogens (tertiary/aromatic N) is 1. The lowest BCUT2D eigenvalue weighted by Crippen LogP contribution is -2.43. The fraction of sp³-hybridized carbons (Fsp3) is 0.278. The van der Waals surface area contributed by atoms with Gasteiger partial charge in [0, 0.05) is 24.0 Å². The fourth-order valence-electron chi connectivity index (χ4n) is 1.83. The first-order chi connectivity index (χ1) is 11.3. The molecule has 0 aliphatic heterocycles. The Morgan fingerprint density at radius 3 is 2.04 bits per heavy atom. The average Bonchev–Trinajstić information content (AvgIpc) is 2.61. The molecule has 1 aromatic carbocycles. The lowest BCUT2D eigenvalue weighted by molar-refractivity contribution is -0.891. The van der Waals surface area contributed by atoms with E-state index in [1.54, 1.807) is 30.3 Å². The molecule has 0 bridgehead atoms. The first-order valence-corrected chi connectivity index (χ1v) is 7.43. The Balaban J connectivity index is 1.68. The molecule has 122 valence electrons. The zero-order valence-corrected chi connectivity index (χ0v) is 13.3. The predicted octanol–water partition coefficient (Wildman–Crippen LogP) is 2.15. The van der Waals surface area contributed by atoms with Crippen LogP contribution < -0.4 is 19.0 Å². The van der Waals surface area contributed by atoms with Gasteiger partial charge in [-0.15, -0.1) is 0 Å². The van der Waals surface area contributed by atoms with Crippen molar-refractivity contribution in [3.8, 4) is 11.5 Å². The van der Waals surface area contributed by atoms with E-state index in [1.807, 2.05) is 36.4 Å². The van der Waals surface area contributed by atoms with Gasteiger partial charge >= 0.3 is 0 Å². The van der Waals surface area contributed by atoms with Gasteiger partial charge in [0.1, 0.15) is 24.7 Å². The van der Waals surface area contributed by atoms with Crippen molar-refractivity contribution < 1.29 is 23.8 Å². The summed E-state index contributed by atoms with van der Waals surface area (Å²) in [5, 5.41) is 0. The molecule has 0 amide bonds. The van der Waals surface area contributed by atoms with E-state index in [0.717, 1.165) is 17.1 Å². The molecule has 0 atom stereocenters. The number of pyridine rings is 1. The number of ether oxygens (including phenoxy) is 3. The largest absolute Gasteiger partial charge is 0.490 e. The van der Waals surface area contributed by atoms with Crippen LogP contribution in [0.15, 0.2) is 55.4 Å². The van der Waals surface area contributed by atoms with Crippen LogP contribution in [0.2, 0.25) is 0 Å². The van der Waals surface area contributed by atoms with Crippen LogP contribution in [0, 0.1) is 0 Å². The molecule has 0 unspecified atom stereocenters. The second-order valence-electron chi connectivity index (χ2n) is 4.69. The van der Waals surface area contributed by atoms with Gasteiger partial charge in [-0.3, -0.25) is 4.84 Å². The molecule has 23 heavy (non-hydrogen) atoms. The van der Waals surface area contributed by atoms with Crippen LogP contribution in [0.5, 0.6) is 11.5 Å². The Hall–Kier alpha value is -2.53. The molecule has 1 heterocycles. The minimum atomic E-state index is 0.470. The molecule has 0 aliphatic rings. The Morgan fingerprint density at radius 2 is 1.48 bits per heavy atom. The lowest BCUT2D eigenvalue weighted by Gasteiger charge is -2.08. The second-order valence-corrected chi connectivity index (χ2v) is 4.69. The van der Waals surface area contributed by atoms with Crippen molar-refractivity contribution in [3.05, 3.63) is 60.9 Å². The first kappa shape index (κ1) is 16.8. The maximum absolute atomic E-state index is 5.62. The second kappa shape index (κ2) is 9.48. The Labute approximate surface area is 136 Å². The van der Waals surface area contributed by atoms with Gasteiger partial charge in [-0.25, -0.2) is 0 Å². The molecular formula is C18H22NO4+. The number of hydrogen-bond donors (Lipinski definition) is 0. The first-order valence-electron chi connectivity index (χ1n) is 7.43. The molecule has 0 fully saturated rings. The maximum Gasteiger partial charge on any atom is 0.226 e. The highest BCUT2D eigenvalue weighted by Gasteiger charge is 2.03. The normalized spacial score (nSPS) is 10.1. The maximum atomic E-state index is 5.62. The summed E-state index contributed by atoms with van der Waals surface area (Å²) >= 11 is 0. The molecule has 5 nitrogen and oxygen atoms in total. The van der Waals surface area contributed by atoms with Gasteiger partial charge in [0.05, 0.1) is 6.61 Å². The Bertz CT molecular complexity index is 581. The van der Waals surface area contributed by atoms with Crippen LogP contribution in [0.4, 0.5) is 0 Å². The predicted molar refractivity (Wildman–Crippen MR) is 87.5 cm³/mol. The highest BCUT2D eigenvalue weighted by Crippen LogP contribution is 2.13. The third kappa shape index (κ3) is 6.00. The van der Waals surface area contributed by atoms with Crippen LogP contribution in [0.25, 0.3) is 6.08 Å². The zero-order chi connectivity index (χ0) is 16.3. The topological polar surface area (TPSA) is 40.8 Å². The van der Waals surface area contributed by atoms with Crippen LogP contribution in [-0.4, -0.2) is 33.5 Å². The summed E-state index contributed by atoms with van der Waals surface area (Å²) in [6.07, 6.45) is 5.38. The number of aromatic nitrogens is 1. The van der Waals surface area contributed by atoms with Crippen LogP contribution >= 0.6 is 0 Å². The van der Waals surface area contributed by atoms with E-state index >= 15 is 0 Å². The van der Waals surface area contributed by atoms with E-state index in [2.05, 4.69) is 6.58 Å². The van der Waals surface area contributed by atoms with E-state index in [0.29, 0.717) is 26.4 Å². The van der Waals surface area contributed by atoms with Crippen LogP contribution in [-0.2, 0) is 4.74 Å². The molecule has 0 radical (unpaired) electrons. The standard InChI is InChI=1S/C18H22NO4/c1-3-16-4-6-17(7-5-16)21-13-14-22-18-8-10-19(11-9-18)23-15-12-20-2/h3-11H,1,12-15H2,2H3/q+1. The van der Waals surface area contributed by atoms with Gasteiger partial charge in [-0.2, -0.15) is 0 Å². The third-order valence-electron chi connectivity index (χ3n) is 3.04. The van der Waals surface area contributed by atoms with E-state index < -0.39 is 0 Å². The number of hydrogen-bond acceptors (Lipinski definition) is 4. The molecule has 2 aromatic rings. The van der Waals surface area contributed by atoms with E-state index in [1.165, 1.54) is 0 Å². The van der Waals surface area contributed by atoms with Gasteiger partial charge in [0.25, 0.3) is 0 Å². The summed E-state index contributed by atoms with van der Waals surface area (Å²) in [7, 11) is 1.64. The van der Waals surface area contributed by atoms with Crippen molar-refractivity contribution in [2.75, 3.05) is 33.5 Å². The van der Waals surface area contributed by atoms with Gasteiger partial charge in [-0.05, 0) is 17.7 Å². The highest BCUT2D eigenvalue weighted by atomic mass is 16.7. The molecule has 1 aromatic heterocycles. The highest BCUT2D eigenvalue weighted by molar-refractivity contribution is 5.48. The smallest absolute Gasteiger partial charge is 0.226 e. The third-order valence-corrected chi connectivity index (χ3v) is 3.04. The van der Waals surface area contributed by atoms with Crippen molar-refractivity contribution in [2.45, 2.75) is 0 Å². The van der Waals surface area contributed by atoms with Crippen LogP contribution in [0.3, 0.4) is 0 Å². The lowest BCUT2D eigenvalue weighted by atomic mass is 10.2. The number of methoxy groups -OCH3 is 1. The summed E-state index contributed by atoms with van der Waals surface area (Å²) in [4.78, 5) is 5.41. The van der Waals surface area contributed by atoms with E-state index in [-0.39, 0.29) is 0 Å². The van der Waals surface area contributed by atoms with Crippen molar-refractivity contribution in [3.63, 3.8) is 0 Å². The minimum Gasteiger partial charge on any atom is -0.490 e. The molecule has 0 saturated carbocycles. The monoisotopic (exact) mass is 316 g/mol. The number of benzene rings is 1. The van der Waals surface area contributed by atoms with Crippen LogP contribution in [0.1, 0.15) is 5.56 Å². The molecule has 0 N–H and O–H groups in total. The molecule has 0 spiro atoms. The molecule has 2 rings (SSSR count). The molecule has 0 saturated heterocycles. The Morgan fingerprint density at radius 1 is 0.870 bits per heavy atom. The molecular weight excluding hydrogens is 294 g/mol. The van der Waals surface area contributed by atoms with Gasteiger partial charge in [0.15, 0.2) is 6.61 Å². The van der Waals surface area contributed by atoms with Gasteiger partial charge in [-0.1, -0.05) is 24.8 Å². The van der Waals surface area contributed by atoms with Gasteiger partial charge in [0.2, 0.25) is 12.4 Å². The summed E-state index contributed by atoms with van der Waals surface area (Å²) in [5.74, 6) is 1.58. The zero-order valence-electron chi connectivity index (χ0n) is 13.3. The summed E-state index contributed by atoms with van der Waals surface area (Å²) in [6.45, 7) is 5.72. The van der Waals surface area contributed by atoms with Crippen molar-refractivity contribution in [2.24, 2.45) is 0 Å². The summed E-state index contributed by atoms with van der Waals surface area (Å²) in [5.41, 5.74) is 1.07. The van der Waals surface area contributed by atoms with Crippen molar-refractivity contribution in [1.82, 2.24) is 0 Å². The molecule has 0 aliphatic carbocycles. The summed E-state index contributed by atoms with van der Waals surface area (Å²) < 4.78 is 17.8. The summed E-state index contributed by atoms with van der Waals surface area (Å²) in [6, 6.07) is 11.4. The SMILES string of the molecule is C=Cc1ccc(OCCOc2cc[n+](OCCOC)cc2)cc1. The van der Waals surface area contributed by atoms with Crippen molar-refractivity contribution >= 4 is 6.08 Å².